The van der Waals surface area contributed by atoms with E-state index >= 15 is 0 Å². The van der Waals surface area contributed by atoms with Gasteiger partial charge in [-0.1, -0.05) is 0 Å². The predicted molar refractivity (Wildman–Crippen MR) is 41.0 cm³/mol. The summed E-state index contributed by atoms with van der Waals surface area (Å²) in [5.74, 6) is 0.0562. The van der Waals surface area contributed by atoms with Gasteiger partial charge in [0.15, 0.2) is 0 Å². The number of amides is 1. The molecule has 1 aliphatic carbocycles. The summed E-state index contributed by atoms with van der Waals surface area (Å²) in [5, 5.41) is 0. The summed E-state index contributed by atoms with van der Waals surface area (Å²) >= 11 is 0. The van der Waals surface area contributed by atoms with Gasteiger partial charge in [0.2, 0.25) is 5.91 Å². The van der Waals surface area contributed by atoms with Gasteiger partial charge in [0.1, 0.15) is 6.29 Å². The smallest absolute Gasteiger partial charge is 0.225 e. The van der Waals surface area contributed by atoms with E-state index in [9.17, 15) is 9.59 Å². The van der Waals surface area contributed by atoms with Crippen molar-refractivity contribution >= 4 is 12.2 Å². The summed E-state index contributed by atoms with van der Waals surface area (Å²) < 4.78 is 0. The van der Waals surface area contributed by atoms with Crippen molar-refractivity contribution in [2.45, 2.75) is 12.8 Å². The fourth-order valence-corrected chi connectivity index (χ4v) is 1.33. The number of rotatable bonds is 2. The van der Waals surface area contributed by atoms with Crippen LogP contribution < -0.4 is 0 Å². The Balaban J connectivity index is 2.48. The van der Waals surface area contributed by atoms with Gasteiger partial charge in [0, 0.05) is 25.9 Å². The van der Waals surface area contributed by atoms with Crippen LogP contribution in [0.2, 0.25) is 0 Å². The Labute approximate surface area is 66.4 Å². The predicted octanol–water partition coefficient (Wildman–Crippen LogP) is 0.300. The zero-order chi connectivity index (χ0) is 8.43. The van der Waals surface area contributed by atoms with Crippen LogP contribution in [0.5, 0.6) is 0 Å². The second kappa shape index (κ2) is 3.03. The monoisotopic (exact) mass is 155 g/mol. The highest BCUT2D eigenvalue weighted by Crippen LogP contribution is 2.33. The standard InChI is InChI=1S/C8H13NO2/c1-9(2)8(11)7-4-3-6(7)5-10/h5-7H,3-4H2,1-2H3/t6-,7-/m0/s1. The minimum absolute atomic E-state index is 0.00935. The average Bonchev–Trinajstić information content (AvgIpc) is 1.86. The van der Waals surface area contributed by atoms with Crippen LogP contribution in [-0.4, -0.2) is 31.2 Å². The second-order valence-corrected chi connectivity index (χ2v) is 3.22. The summed E-state index contributed by atoms with van der Waals surface area (Å²) in [6, 6.07) is 0. The molecule has 3 heteroatoms. The van der Waals surface area contributed by atoms with Crippen molar-refractivity contribution in [2.24, 2.45) is 11.8 Å². The minimum atomic E-state index is -0.0255. The normalized spacial score (nSPS) is 28.9. The number of carbonyl (C=O) groups excluding carboxylic acids is 2. The molecule has 0 bridgehead atoms. The van der Waals surface area contributed by atoms with E-state index in [2.05, 4.69) is 0 Å². The molecule has 0 unspecified atom stereocenters. The summed E-state index contributed by atoms with van der Waals surface area (Å²) in [7, 11) is 3.45. The fourth-order valence-electron chi connectivity index (χ4n) is 1.33. The van der Waals surface area contributed by atoms with Crippen molar-refractivity contribution in [1.82, 2.24) is 4.90 Å². The molecular formula is C8H13NO2. The van der Waals surface area contributed by atoms with Crippen molar-refractivity contribution in [2.75, 3.05) is 14.1 Å². The molecule has 0 radical (unpaired) electrons. The lowest BCUT2D eigenvalue weighted by Crippen LogP contribution is -2.40. The molecule has 11 heavy (non-hydrogen) atoms. The molecule has 2 atom stereocenters. The van der Waals surface area contributed by atoms with Crippen LogP contribution in [0.4, 0.5) is 0 Å². The average molecular weight is 155 g/mol. The first kappa shape index (κ1) is 8.24. The number of nitrogens with zero attached hydrogens (tertiary/aromatic N) is 1. The SMILES string of the molecule is CN(C)C(=O)[C@H]1CC[C@H]1C=O. The lowest BCUT2D eigenvalue weighted by molar-refractivity contribution is -0.141. The van der Waals surface area contributed by atoms with E-state index < -0.39 is 0 Å². The molecule has 1 aliphatic rings. The largest absolute Gasteiger partial charge is 0.349 e. The van der Waals surface area contributed by atoms with Gasteiger partial charge in [-0.15, -0.1) is 0 Å². The zero-order valence-corrected chi connectivity index (χ0v) is 6.91. The third-order valence-corrected chi connectivity index (χ3v) is 2.26. The lowest BCUT2D eigenvalue weighted by atomic mass is 9.74. The van der Waals surface area contributed by atoms with Crippen LogP contribution in [0.25, 0.3) is 0 Å². The molecule has 1 amide bonds. The van der Waals surface area contributed by atoms with Gasteiger partial charge in [0.05, 0.1) is 0 Å². The number of hydrogen-bond acceptors (Lipinski definition) is 2. The van der Waals surface area contributed by atoms with Gasteiger partial charge < -0.3 is 9.69 Å². The van der Waals surface area contributed by atoms with Crippen LogP contribution in [0.3, 0.4) is 0 Å². The first-order chi connectivity index (χ1) is 5.16. The van der Waals surface area contributed by atoms with Crippen molar-refractivity contribution in [3.8, 4) is 0 Å². The van der Waals surface area contributed by atoms with E-state index in [1.54, 1.807) is 19.0 Å². The van der Waals surface area contributed by atoms with Gasteiger partial charge in [0.25, 0.3) is 0 Å². The van der Waals surface area contributed by atoms with Gasteiger partial charge in [-0.25, -0.2) is 0 Å². The molecule has 1 saturated carbocycles. The number of aldehydes is 1. The molecular weight excluding hydrogens is 142 g/mol. The number of hydrogen-bond donors (Lipinski definition) is 0. The second-order valence-electron chi connectivity index (χ2n) is 3.22. The Bertz CT molecular complexity index is 177. The molecule has 0 saturated heterocycles. The Morgan fingerprint density at radius 3 is 2.36 bits per heavy atom. The summed E-state index contributed by atoms with van der Waals surface area (Å²) in [6.07, 6.45) is 2.66. The Kier molecular flexibility index (Phi) is 2.27. The van der Waals surface area contributed by atoms with Crippen molar-refractivity contribution in [1.29, 1.82) is 0 Å². The minimum Gasteiger partial charge on any atom is -0.349 e. The highest BCUT2D eigenvalue weighted by Gasteiger charge is 2.36. The van der Waals surface area contributed by atoms with Crippen LogP contribution in [-0.2, 0) is 9.59 Å². The van der Waals surface area contributed by atoms with E-state index in [0.29, 0.717) is 0 Å². The Morgan fingerprint density at radius 2 is 2.09 bits per heavy atom. The van der Waals surface area contributed by atoms with E-state index in [4.69, 9.17) is 0 Å². The third kappa shape index (κ3) is 1.42. The zero-order valence-electron chi connectivity index (χ0n) is 6.91. The molecule has 0 spiro atoms. The Hall–Kier alpha value is -0.860. The molecule has 1 fully saturated rings. The topological polar surface area (TPSA) is 37.4 Å². The maximum atomic E-state index is 11.3. The van der Waals surface area contributed by atoms with Crippen LogP contribution in [0.15, 0.2) is 0 Å². The van der Waals surface area contributed by atoms with Gasteiger partial charge in [-0.3, -0.25) is 4.79 Å². The van der Waals surface area contributed by atoms with Crippen molar-refractivity contribution < 1.29 is 9.59 Å². The van der Waals surface area contributed by atoms with E-state index in [0.717, 1.165) is 19.1 Å². The van der Waals surface area contributed by atoms with Crippen LogP contribution in [0.1, 0.15) is 12.8 Å². The van der Waals surface area contributed by atoms with Crippen LogP contribution >= 0.6 is 0 Å². The van der Waals surface area contributed by atoms with E-state index in [1.165, 1.54) is 0 Å². The van der Waals surface area contributed by atoms with Gasteiger partial charge >= 0.3 is 0 Å². The fraction of sp³-hybridized carbons (Fsp3) is 0.750. The third-order valence-electron chi connectivity index (χ3n) is 2.26. The highest BCUT2D eigenvalue weighted by molar-refractivity contribution is 5.82. The first-order valence-electron chi connectivity index (χ1n) is 3.83. The summed E-state index contributed by atoms with van der Waals surface area (Å²) in [5.41, 5.74) is 0. The molecule has 0 aromatic carbocycles. The molecule has 0 aromatic heterocycles. The molecule has 0 aliphatic heterocycles. The summed E-state index contributed by atoms with van der Waals surface area (Å²) in [6.45, 7) is 0. The Morgan fingerprint density at radius 1 is 1.45 bits per heavy atom. The van der Waals surface area contributed by atoms with Gasteiger partial charge in [-0.2, -0.15) is 0 Å². The van der Waals surface area contributed by atoms with Crippen LogP contribution in [0, 0.1) is 11.8 Å². The molecule has 0 aromatic rings. The lowest BCUT2D eigenvalue weighted by Gasteiger charge is -2.33. The van der Waals surface area contributed by atoms with E-state index in [1.807, 2.05) is 0 Å². The van der Waals surface area contributed by atoms with Crippen molar-refractivity contribution in [3.63, 3.8) is 0 Å². The quantitative estimate of drug-likeness (QED) is 0.538. The molecule has 0 heterocycles. The van der Waals surface area contributed by atoms with Crippen molar-refractivity contribution in [3.05, 3.63) is 0 Å². The molecule has 3 nitrogen and oxygen atoms in total. The maximum Gasteiger partial charge on any atom is 0.225 e. The number of carbonyl (C=O) groups is 2. The summed E-state index contributed by atoms with van der Waals surface area (Å²) in [4.78, 5) is 23.2. The first-order valence-corrected chi connectivity index (χ1v) is 3.83. The molecule has 0 N–H and O–H groups in total. The molecule has 1 rings (SSSR count). The maximum absolute atomic E-state index is 11.3. The van der Waals surface area contributed by atoms with E-state index in [-0.39, 0.29) is 17.7 Å². The highest BCUT2D eigenvalue weighted by atomic mass is 16.2. The molecule has 62 valence electrons. The van der Waals surface area contributed by atoms with Gasteiger partial charge in [-0.05, 0) is 12.8 Å².